The van der Waals surface area contributed by atoms with Crippen molar-refractivity contribution in [2.24, 2.45) is 0 Å². The second kappa shape index (κ2) is 5.25. The molecule has 0 fully saturated rings. The maximum atomic E-state index is 11.3. The van der Waals surface area contributed by atoms with Crippen LogP contribution in [0, 0.1) is 0 Å². The van der Waals surface area contributed by atoms with Gasteiger partial charge in [-0.2, -0.15) is 0 Å². The van der Waals surface area contributed by atoms with Crippen LogP contribution in [0.4, 0.5) is 0 Å². The van der Waals surface area contributed by atoms with E-state index in [1.165, 1.54) is 20.3 Å². The minimum absolute atomic E-state index is 0.257. The number of ether oxygens (including phenoxy) is 2. The molecule has 0 aromatic carbocycles. The number of rotatable bonds is 3. The Morgan fingerprint density at radius 2 is 1.76 bits per heavy atom. The Hall–Kier alpha value is -2.17. The molecule has 0 saturated heterocycles. The molecule has 0 atom stereocenters. The van der Waals surface area contributed by atoms with E-state index in [2.05, 4.69) is 4.74 Å². The van der Waals surface area contributed by atoms with Crippen LogP contribution in [0.1, 0.15) is 6.92 Å². The van der Waals surface area contributed by atoms with Gasteiger partial charge in [0.15, 0.2) is 0 Å². The number of allylic oxidation sites excluding steroid dienone is 3. The standard InChI is InChI=1S/C12H12O5/c1-7(4-12(15)17-3)8-5-9(13)10(14)6-11(8)16-2/h4-6H,1-3H3/b7-4+. The first-order valence-corrected chi connectivity index (χ1v) is 4.82. The van der Waals surface area contributed by atoms with Crippen molar-refractivity contribution in [2.45, 2.75) is 6.92 Å². The van der Waals surface area contributed by atoms with Crippen molar-refractivity contribution in [1.82, 2.24) is 0 Å². The zero-order valence-corrected chi connectivity index (χ0v) is 9.77. The summed E-state index contributed by atoms with van der Waals surface area (Å²) in [5.41, 5.74) is 0.897. The Kier molecular flexibility index (Phi) is 3.98. The first-order valence-electron chi connectivity index (χ1n) is 4.82. The third-order valence-corrected chi connectivity index (χ3v) is 2.23. The van der Waals surface area contributed by atoms with Gasteiger partial charge < -0.3 is 9.47 Å². The molecule has 0 aromatic rings. The normalized spacial score (nSPS) is 16.3. The third kappa shape index (κ3) is 2.90. The highest BCUT2D eigenvalue weighted by molar-refractivity contribution is 6.46. The summed E-state index contributed by atoms with van der Waals surface area (Å²) in [6, 6.07) is 0. The smallest absolute Gasteiger partial charge is 0.330 e. The topological polar surface area (TPSA) is 69.7 Å². The molecule has 0 heterocycles. The number of carbonyl (C=O) groups excluding carboxylic acids is 3. The zero-order chi connectivity index (χ0) is 13.0. The molecule has 1 aliphatic rings. The van der Waals surface area contributed by atoms with Crippen LogP contribution >= 0.6 is 0 Å². The minimum atomic E-state index is -0.642. The average Bonchev–Trinajstić information content (AvgIpc) is 2.31. The highest BCUT2D eigenvalue weighted by atomic mass is 16.5. The molecule has 0 radical (unpaired) electrons. The fraction of sp³-hybridized carbons (Fsp3) is 0.250. The highest BCUT2D eigenvalue weighted by Gasteiger charge is 2.21. The lowest BCUT2D eigenvalue weighted by Gasteiger charge is -2.14. The van der Waals surface area contributed by atoms with Gasteiger partial charge in [0.1, 0.15) is 5.76 Å². The van der Waals surface area contributed by atoms with Crippen molar-refractivity contribution >= 4 is 17.5 Å². The molecule has 5 heteroatoms. The molecule has 17 heavy (non-hydrogen) atoms. The van der Waals surface area contributed by atoms with Gasteiger partial charge in [-0.1, -0.05) is 0 Å². The SMILES string of the molecule is COC(=O)/C=C(\C)C1=CC(=O)C(=O)C=C1OC. The Bertz CT molecular complexity index is 465. The summed E-state index contributed by atoms with van der Waals surface area (Å²) in [5, 5.41) is 0. The first kappa shape index (κ1) is 12.9. The van der Waals surface area contributed by atoms with E-state index < -0.39 is 17.5 Å². The van der Waals surface area contributed by atoms with E-state index in [0.29, 0.717) is 11.1 Å². The highest BCUT2D eigenvalue weighted by Crippen LogP contribution is 2.23. The second-order valence-electron chi connectivity index (χ2n) is 3.35. The predicted octanol–water partition coefficient (Wildman–Crippen LogP) is 0.714. The Morgan fingerprint density at radius 1 is 1.18 bits per heavy atom. The van der Waals surface area contributed by atoms with Crippen molar-refractivity contribution in [3.63, 3.8) is 0 Å². The number of esters is 1. The molecule has 0 amide bonds. The fourth-order valence-electron chi connectivity index (χ4n) is 1.33. The van der Waals surface area contributed by atoms with Crippen LogP contribution in [0.15, 0.2) is 35.1 Å². The minimum Gasteiger partial charge on any atom is -0.496 e. The van der Waals surface area contributed by atoms with Gasteiger partial charge in [0, 0.05) is 23.8 Å². The summed E-state index contributed by atoms with van der Waals surface area (Å²) < 4.78 is 9.46. The average molecular weight is 236 g/mol. The molecular formula is C12H12O5. The predicted molar refractivity (Wildman–Crippen MR) is 59.0 cm³/mol. The second-order valence-corrected chi connectivity index (χ2v) is 3.35. The van der Waals surface area contributed by atoms with Crippen LogP contribution in [0.3, 0.4) is 0 Å². The summed E-state index contributed by atoms with van der Waals surface area (Å²) in [4.78, 5) is 33.5. The molecule has 0 bridgehead atoms. The van der Waals surface area contributed by atoms with Crippen LogP contribution in [-0.2, 0) is 23.9 Å². The Labute approximate surface area is 98.4 Å². The number of ketones is 2. The van der Waals surface area contributed by atoms with Crippen LogP contribution < -0.4 is 0 Å². The van der Waals surface area contributed by atoms with E-state index in [1.807, 2.05) is 0 Å². The van der Waals surface area contributed by atoms with Crippen LogP contribution in [-0.4, -0.2) is 31.8 Å². The molecule has 0 aromatic heterocycles. The third-order valence-electron chi connectivity index (χ3n) is 2.23. The summed E-state index contributed by atoms with van der Waals surface area (Å²) >= 11 is 0. The lowest BCUT2D eigenvalue weighted by Crippen LogP contribution is -2.16. The van der Waals surface area contributed by atoms with E-state index in [4.69, 9.17) is 4.74 Å². The lowest BCUT2D eigenvalue weighted by atomic mass is 9.97. The Morgan fingerprint density at radius 3 is 2.29 bits per heavy atom. The number of methoxy groups -OCH3 is 2. The summed E-state index contributed by atoms with van der Waals surface area (Å²) in [5.74, 6) is -1.56. The number of carbonyl (C=O) groups is 3. The van der Waals surface area contributed by atoms with Crippen molar-refractivity contribution in [3.05, 3.63) is 35.1 Å². The zero-order valence-electron chi connectivity index (χ0n) is 9.77. The van der Waals surface area contributed by atoms with Crippen molar-refractivity contribution in [2.75, 3.05) is 14.2 Å². The van der Waals surface area contributed by atoms with Gasteiger partial charge in [0.25, 0.3) is 0 Å². The first-order chi connectivity index (χ1) is 7.99. The molecule has 0 spiro atoms. The van der Waals surface area contributed by atoms with Crippen molar-refractivity contribution in [3.8, 4) is 0 Å². The van der Waals surface area contributed by atoms with Crippen LogP contribution in [0.5, 0.6) is 0 Å². The van der Waals surface area contributed by atoms with Crippen molar-refractivity contribution in [1.29, 1.82) is 0 Å². The maximum absolute atomic E-state index is 11.3. The molecule has 1 rings (SSSR count). The van der Waals surface area contributed by atoms with E-state index in [0.717, 1.165) is 12.2 Å². The van der Waals surface area contributed by atoms with E-state index >= 15 is 0 Å². The molecule has 5 nitrogen and oxygen atoms in total. The monoisotopic (exact) mass is 236 g/mol. The van der Waals surface area contributed by atoms with Gasteiger partial charge >= 0.3 is 5.97 Å². The van der Waals surface area contributed by atoms with Crippen molar-refractivity contribution < 1.29 is 23.9 Å². The van der Waals surface area contributed by atoms with Gasteiger partial charge in [-0.15, -0.1) is 0 Å². The van der Waals surface area contributed by atoms with E-state index in [1.54, 1.807) is 6.92 Å². The van der Waals surface area contributed by atoms with E-state index in [9.17, 15) is 14.4 Å². The van der Waals surface area contributed by atoms with Gasteiger partial charge in [0.2, 0.25) is 11.6 Å². The molecule has 0 N–H and O–H groups in total. The van der Waals surface area contributed by atoms with Crippen LogP contribution in [0.2, 0.25) is 0 Å². The lowest BCUT2D eigenvalue weighted by molar-refractivity contribution is -0.134. The molecule has 0 unspecified atom stereocenters. The molecule has 0 saturated carbocycles. The van der Waals surface area contributed by atoms with Gasteiger partial charge in [-0.25, -0.2) is 4.79 Å². The molecular weight excluding hydrogens is 224 g/mol. The van der Waals surface area contributed by atoms with Gasteiger partial charge in [-0.3, -0.25) is 9.59 Å². The van der Waals surface area contributed by atoms with Crippen LogP contribution in [0.25, 0.3) is 0 Å². The maximum Gasteiger partial charge on any atom is 0.330 e. The summed E-state index contributed by atoms with van der Waals surface area (Å²) in [7, 11) is 2.64. The quantitative estimate of drug-likeness (QED) is 0.312. The molecule has 1 aliphatic carbocycles. The summed E-state index contributed by atoms with van der Waals surface area (Å²) in [6.07, 6.45) is 3.48. The largest absolute Gasteiger partial charge is 0.496 e. The Balaban J connectivity index is 3.12. The van der Waals surface area contributed by atoms with E-state index in [-0.39, 0.29) is 5.76 Å². The molecule has 90 valence electrons. The number of hydrogen-bond donors (Lipinski definition) is 0. The van der Waals surface area contributed by atoms with Gasteiger partial charge in [0.05, 0.1) is 14.2 Å². The number of hydrogen-bond acceptors (Lipinski definition) is 5. The van der Waals surface area contributed by atoms with Gasteiger partial charge in [-0.05, 0) is 12.5 Å². The molecule has 0 aliphatic heterocycles. The fourth-order valence-corrected chi connectivity index (χ4v) is 1.33. The summed E-state index contributed by atoms with van der Waals surface area (Å²) in [6.45, 7) is 1.62.